The molecule has 0 spiro atoms. The van der Waals surface area contributed by atoms with Gasteiger partial charge in [0.25, 0.3) is 0 Å². The van der Waals surface area contributed by atoms with Crippen LogP contribution in [0.2, 0.25) is 0 Å². The molecule has 0 aliphatic carbocycles. The average Bonchev–Trinajstić information content (AvgIpc) is 2.70. The van der Waals surface area contributed by atoms with Crippen LogP contribution in [-0.4, -0.2) is 5.71 Å². The standard InChI is InChI=1S/C22H14BrF4NS/c23-17-5-9-19(10-6-17)28-21(13-14-29-20-11-7-18(24)8-12-20)15-1-3-16(4-2-15)22(25,26)27/h1-14H/b14-13+,28-21-. The van der Waals surface area contributed by atoms with Crippen molar-refractivity contribution in [2.24, 2.45) is 4.99 Å². The smallest absolute Gasteiger partial charge is 0.248 e. The van der Waals surface area contributed by atoms with E-state index in [9.17, 15) is 17.6 Å². The van der Waals surface area contributed by atoms with Crippen LogP contribution in [0.5, 0.6) is 0 Å². The molecule has 3 aromatic rings. The summed E-state index contributed by atoms with van der Waals surface area (Å²) < 4.78 is 52.5. The van der Waals surface area contributed by atoms with Gasteiger partial charge in [-0.25, -0.2) is 9.38 Å². The van der Waals surface area contributed by atoms with Crippen LogP contribution in [0.25, 0.3) is 0 Å². The highest BCUT2D eigenvalue weighted by atomic mass is 79.9. The summed E-state index contributed by atoms with van der Waals surface area (Å²) in [5.74, 6) is -0.319. The zero-order valence-corrected chi connectivity index (χ0v) is 17.2. The molecular weight excluding hydrogens is 466 g/mol. The lowest BCUT2D eigenvalue weighted by molar-refractivity contribution is -0.137. The van der Waals surface area contributed by atoms with Gasteiger partial charge in [-0.05, 0) is 72.1 Å². The average molecular weight is 480 g/mol. The number of hydrogen-bond donors (Lipinski definition) is 0. The molecule has 1 nitrogen and oxygen atoms in total. The molecular formula is C22H14BrF4NS. The van der Waals surface area contributed by atoms with Crippen LogP contribution in [0, 0.1) is 5.82 Å². The number of hydrogen-bond acceptors (Lipinski definition) is 2. The fourth-order valence-electron chi connectivity index (χ4n) is 2.37. The number of nitrogens with zero attached hydrogens (tertiary/aromatic N) is 1. The monoisotopic (exact) mass is 479 g/mol. The second-order valence-electron chi connectivity index (χ2n) is 5.92. The van der Waals surface area contributed by atoms with Crippen LogP contribution in [0.3, 0.4) is 0 Å². The minimum Gasteiger partial charge on any atom is -0.248 e. The molecule has 0 aromatic heterocycles. The van der Waals surface area contributed by atoms with E-state index < -0.39 is 11.7 Å². The Kier molecular flexibility index (Phi) is 6.92. The summed E-state index contributed by atoms with van der Waals surface area (Å²) in [4.78, 5) is 5.39. The van der Waals surface area contributed by atoms with Gasteiger partial charge < -0.3 is 0 Å². The van der Waals surface area contributed by atoms with Crippen LogP contribution in [-0.2, 0) is 6.18 Å². The quantitative estimate of drug-likeness (QED) is 0.205. The van der Waals surface area contributed by atoms with Gasteiger partial charge in [0, 0.05) is 14.9 Å². The summed E-state index contributed by atoms with van der Waals surface area (Å²) in [5.41, 5.74) is 1.01. The number of allylic oxidation sites excluding steroid dienone is 1. The number of halogens is 5. The third-order valence-corrected chi connectivity index (χ3v) is 5.17. The Morgan fingerprint density at radius 3 is 2.07 bits per heavy atom. The van der Waals surface area contributed by atoms with Gasteiger partial charge in [-0.15, -0.1) is 0 Å². The molecule has 3 aromatic carbocycles. The Bertz CT molecular complexity index is 1010. The molecule has 0 fully saturated rings. The van der Waals surface area contributed by atoms with Gasteiger partial charge in [0.2, 0.25) is 0 Å². The predicted octanol–water partition coefficient (Wildman–Crippen LogP) is 8.03. The van der Waals surface area contributed by atoms with Crippen LogP contribution in [0.1, 0.15) is 11.1 Å². The second-order valence-corrected chi connectivity index (χ2v) is 7.82. The van der Waals surface area contributed by atoms with Gasteiger partial charge in [0.05, 0.1) is 17.0 Å². The van der Waals surface area contributed by atoms with Crippen LogP contribution in [0.15, 0.2) is 98.6 Å². The number of aliphatic imine (C=N–C) groups is 1. The molecule has 0 unspecified atom stereocenters. The number of benzene rings is 3. The third kappa shape index (κ3) is 6.30. The van der Waals surface area contributed by atoms with E-state index in [1.54, 1.807) is 35.7 Å². The first kappa shape index (κ1) is 21.3. The van der Waals surface area contributed by atoms with Crippen molar-refractivity contribution in [1.29, 1.82) is 0 Å². The topological polar surface area (TPSA) is 12.4 Å². The maximum atomic E-state index is 13.0. The first-order valence-electron chi connectivity index (χ1n) is 8.42. The van der Waals surface area contributed by atoms with Crippen molar-refractivity contribution in [3.63, 3.8) is 0 Å². The van der Waals surface area contributed by atoms with E-state index in [4.69, 9.17) is 0 Å². The van der Waals surface area contributed by atoms with Crippen molar-refractivity contribution in [3.8, 4) is 0 Å². The summed E-state index contributed by atoms with van der Waals surface area (Å²) in [6, 6.07) is 18.2. The largest absolute Gasteiger partial charge is 0.416 e. The molecule has 29 heavy (non-hydrogen) atoms. The highest BCUT2D eigenvalue weighted by Gasteiger charge is 2.30. The SMILES string of the molecule is Fc1ccc(S/C=C/C(=N/c2ccc(Br)cc2)c2ccc(C(F)(F)F)cc2)cc1. The van der Waals surface area contributed by atoms with Crippen molar-refractivity contribution < 1.29 is 17.6 Å². The second kappa shape index (κ2) is 9.41. The molecule has 0 saturated heterocycles. The minimum absolute atomic E-state index is 0.319. The number of rotatable bonds is 5. The summed E-state index contributed by atoms with van der Waals surface area (Å²) in [7, 11) is 0. The highest BCUT2D eigenvalue weighted by molar-refractivity contribution is 9.10. The molecule has 0 aliphatic heterocycles. The Balaban J connectivity index is 1.89. The molecule has 0 bridgehead atoms. The lowest BCUT2D eigenvalue weighted by atomic mass is 10.1. The lowest BCUT2D eigenvalue weighted by Gasteiger charge is -2.08. The zero-order valence-electron chi connectivity index (χ0n) is 14.8. The van der Waals surface area contributed by atoms with Crippen molar-refractivity contribution in [3.05, 3.63) is 106 Å². The van der Waals surface area contributed by atoms with E-state index >= 15 is 0 Å². The molecule has 0 saturated carbocycles. The maximum Gasteiger partial charge on any atom is 0.416 e. The minimum atomic E-state index is -4.39. The van der Waals surface area contributed by atoms with Crippen molar-refractivity contribution in [1.82, 2.24) is 0 Å². The molecule has 0 aliphatic rings. The van der Waals surface area contributed by atoms with Crippen LogP contribution in [0.4, 0.5) is 23.2 Å². The molecule has 3 rings (SSSR count). The number of thioether (sulfide) groups is 1. The summed E-state index contributed by atoms with van der Waals surface area (Å²) in [5, 5.41) is 1.77. The van der Waals surface area contributed by atoms with Crippen LogP contribution >= 0.6 is 27.7 Å². The maximum absolute atomic E-state index is 13.0. The lowest BCUT2D eigenvalue weighted by Crippen LogP contribution is -2.05. The normalized spacial score (nSPS) is 12.5. The van der Waals surface area contributed by atoms with Crippen molar-refractivity contribution in [2.45, 2.75) is 11.1 Å². The first-order valence-corrected chi connectivity index (χ1v) is 10.1. The fourth-order valence-corrected chi connectivity index (χ4v) is 3.28. The van der Waals surface area contributed by atoms with Gasteiger partial charge in [-0.1, -0.05) is 39.8 Å². The predicted molar refractivity (Wildman–Crippen MR) is 113 cm³/mol. The van der Waals surface area contributed by atoms with Crippen molar-refractivity contribution in [2.75, 3.05) is 0 Å². The van der Waals surface area contributed by atoms with Crippen molar-refractivity contribution >= 4 is 39.1 Å². The molecule has 7 heteroatoms. The van der Waals surface area contributed by atoms with Gasteiger partial charge >= 0.3 is 6.18 Å². The molecule has 0 N–H and O–H groups in total. The zero-order chi connectivity index (χ0) is 20.9. The van der Waals surface area contributed by atoms with E-state index in [0.717, 1.165) is 21.5 Å². The molecule has 0 heterocycles. The Morgan fingerprint density at radius 1 is 0.862 bits per heavy atom. The van der Waals surface area contributed by atoms with Crippen LogP contribution < -0.4 is 0 Å². The molecule has 0 amide bonds. The Labute approximate surface area is 178 Å². The fraction of sp³-hybridized carbons (Fsp3) is 0.0455. The van der Waals surface area contributed by atoms with E-state index in [1.165, 1.54) is 36.0 Å². The summed E-state index contributed by atoms with van der Waals surface area (Å²) in [6.07, 6.45) is -2.67. The van der Waals surface area contributed by atoms with E-state index in [0.29, 0.717) is 17.0 Å². The molecule has 0 atom stereocenters. The van der Waals surface area contributed by atoms with Gasteiger partial charge in [0.15, 0.2) is 0 Å². The van der Waals surface area contributed by atoms with E-state index in [2.05, 4.69) is 20.9 Å². The first-order chi connectivity index (χ1) is 13.8. The Hall–Kier alpha value is -2.38. The van der Waals surface area contributed by atoms with Gasteiger partial charge in [-0.3, -0.25) is 0 Å². The molecule has 148 valence electrons. The highest BCUT2D eigenvalue weighted by Crippen LogP contribution is 2.29. The molecule has 0 radical (unpaired) electrons. The summed E-state index contributed by atoms with van der Waals surface area (Å²) in [6.45, 7) is 0. The van der Waals surface area contributed by atoms with Gasteiger partial charge in [0.1, 0.15) is 5.82 Å². The number of alkyl halides is 3. The van der Waals surface area contributed by atoms with Gasteiger partial charge in [-0.2, -0.15) is 13.2 Å². The Morgan fingerprint density at radius 2 is 1.48 bits per heavy atom. The van der Waals surface area contributed by atoms with E-state index in [-0.39, 0.29) is 5.82 Å². The van der Waals surface area contributed by atoms with E-state index in [1.807, 2.05) is 12.1 Å². The summed E-state index contributed by atoms with van der Waals surface area (Å²) >= 11 is 4.71. The third-order valence-electron chi connectivity index (χ3n) is 3.83.